The van der Waals surface area contributed by atoms with Gasteiger partial charge in [0.25, 0.3) is 0 Å². The number of hydrogen-bond acceptors (Lipinski definition) is 3. The van der Waals surface area contributed by atoms with E-state index in [1.807, 2.05) is 12.1 Å². The maximum Gasteiger partial charge on any atom is 0.309 e. The van der Waals surface area contributed by atoms with E-state index in [1.165, 1.54) is 16.9 Å². The molecule has 2 rings (SSSR count). The zero-order valence-corrected chi connectivity index (χ0v) is 10.3. The number of carbonyl (C=O) groups is 1. The number of rotatable bonds is 4. The predicted molar refractivity (Wildman–Crippen MR) is 68.3 cm³/mol. The molecule has 4 heteroatoms. The summed E-state index contributed by atoms with van der Waals surface area (Å²) in [6.07, 6.45) is 0.985. The molecule has 1 aromatic heterocycles. The molecule has 1 heterocycles. The first kappa shape index (κ1) is 11.8. The Morgan fingerprint density at radius 2 is 2.06 bits per heavy atom. The van der Waals surface area contributed by atoms with Crippen LogP contribution in [-0.2, 0) is 17.6 Å². The molecule has 1 aromatic carbocycles. The molecular weight excluding hydrogens is 234 g/mol. The van der Waals surface area contributed by atoms with Crippen molar-refractivity contribution < 1.29 is 9.90 Å². The highest BCUT2D eigenvalue weighted by atomic mass is 32.1. The number of thiazole rings is 1. The SMILES string of the molecule is CCc1ccc(-c2scnc2CC(=O)O)cc1. The molecule has 0 saturated carbocycles. The van der Waals surface area contributed by atoms with Crippen LogP contribution in [-0.4, -0.2) is 16.1 Å². The summed E-state index contributed by atoms with van der Waals surface area (Å²) in [5.74, 6) is -0.845. The summed E-state index contributed by atoms with van der Waals surface area (Å²) in [5, 5.41) is 8.80. The molecule has 0 aliphatic carbocycles. The average Bonchev–Trinajstić information content (AvgIpc) is 2.76. The number of benzene rings is 1. The standard InChI is InChI=1S/C13H13NO2S/c1-2-9-3-5-10(6-4-9)13-11(7-12(15)16)14-8-17-13/h3-6,8H,2,7H2,1H3,(H,15,16). The van der Waals surface area contributed by atoms with Crippen molar-refractivity contribution in [1.29, 1.82) is 0 Å². The topological polar surface area (TPSA) is 50.2 Å². The Kier molecular flexibility index (Phi) is 3.54. The van der Waals surface area contributed by atoms with Crippen LogP contribution in [0.3, 0.4) is 0 Å². The lowest BCUT2D eigenvalue weighted by molar-refractivity contribution is -0.136. The summed E-state index contributed by atoms with van der Waals surface area (Å²) in [6, 6.07) is 8.19. The Morgan fingerprint density at radius 3 is 2.65 bits per heavy atom. The van der Waals surface area contributed by atoms with E-state index in [-0.39, 0.29) is 6.42 Å². The highest BCUT2D eigenvalue weighted by Crippen LogP contribution is 2.28. The van der Waals surface area contributed by atoms with Crippen LogP contribution < -0.4 is 0 Å². The van der Waals surface area contributed by atoms with Gasteiger partial charge in [0.15, 0.2) is 0 Å². The third kappa shape index (κ3) is 2.71. The molecule has 3 nitrogen and oxygen atoms in total. The molecule has 0 spiro atoms. The quantitative estimate of drug-likeness (QED) is 0.903. The number of aliphatic carboxylic acids is 1. The van der Waals surface area contributed by atoms with Crippen LogP contribution in [0, 0.1) is 0 Å². The Labute approximate surface area is 104 Å². The van der Waals surface area contributed by atoms with Crippen molar-refractivity contribution in [3.8, 4) is 10.4 Å². The van der Waals surface area contributed by atoms with Crippen molar-refractivity contribution >= 4 is 17.3 Å². The number of carboxylic acid groups (broad SMARTS) is 1. The Morgan fingerprint density at radius 1 is 1.35 bits per heavy atom. The Balaban J connectivity index is 2.32. The number of nitrogens with zero attached hydrogens (tertiary/aromatic N) is 1. The molecule has 17 heavy (non-hydrogen) atoms. The van der Waals surface area contributed by atoms with Gasteiger partial charge < -0.3 is 5.11 Å². The van der Waals surface area contributed by atoms with Crippen LogP contribution in [0.2, 0.25) is 0 Å². The molecule has 0 saturated heterocycles. The first-order valence-corrected chi connectivity index (χ1v) is 6.32. The summed E-state index contributed by atoms with van der Waals surface area (Å²) >= 11 is 1.48. The van der Waals surface area contributed by atoms with Gasteiger partial charge in [-0.05, 0) is 17.5 Å². The van der Waals surface area contributed by atoms with Gasteiger partial charge in [-0.3, -0.25) is 4.79 Å². The van der Waals surface area contributed by atoms with Gasteiger partial charge in [0.05, 0.1) is 22.5 Å². The van der Waals surface area contributed by atoms with Crippen LogP contribution in [0.15, 0.2) is 29.8 Å². The molecule has 0 aliphatic heterocycles. The van der Waals surface area contributed by atoms with Crippen molar-refractivity contribution in [1.82, 2.24) is 4.98 Å². The largest absolute Gasteiger partial charge is 0.481 e. The van der Waals surface area contributed by atoms with Crippen molar-refractivity contribution in [2.75, 3.05) is 0 Å². The molecule has 0 fully saturated rings. The summed E-state index contributed by atoms with van der Waals surface area (Å²) in [4.78, 5) is 15.8. The molecule has 0 unspecified atom stereocenters. The first-order chi connectivity index (χ1) is 8.20. The molecular formula is C13H13NO2S. The monoisotopic (exact) mass is 247 g/mol. The molecule has 0 aliphatic rings. The van der Waals surface area contributed by atoms with Gasteiger partial charge >= 0.3 is 5.97 Å². The fourth-order valence-electron chi connectivity index (χ4n) is 1.66. The highest BCUT2D eigenvalue weighted by Gasteiger charge is 2.11. The second-order valence-corrected chi connectivity index (χ2v) is 4.60. The van der Waals surface area contributed by atoms with Gasteiger partial charge in [-0.15, -0.1) is 11.3 Å². The zero-order valence-electron chi connectivity index (χ0n) is 9.51. The van der Waals surface area contributed by atoms with Crippen molar-refractivity contribution in [3.05, 3.63) is 41.0 Å². The van der Waals surface area contributed by atoms with E-state index >= 15 is 0 Å². The number of aryl methyl sites for hydroxylation is 1. The van der Waals surface area contributed by atoms with Gasteiger partial charge in [0.1, 0.15) is 0 Å². The van der Waals surface area contributed by atoms with Gasteiger partial charge in [-0.25, -0.2) is 4.98 Å². The normalized spacial score (nSPS) is 10.4. The van der Waals surface area contributed by atoms with Gasteiger partial charge in [0.2, 0.25) is 0 Å². The third-order valence-corrected chi connectivity index (χ3v) is 3.50. The molecule has 0 amide bonds. The number of hydrogen-bond donors (Lipinski definition) is 1. The maximum atomic E-state index is 10.7. The van der Waals surface area contributed by atoms with Gasteiger partial charge in [0, 0.05) is 0 Å². The summed E-state index contributed by atoms with van der Waals surface area (Å²) < 4.78 is 0. The maximum absolute atomic E-state index is 10.7. The molecule has 0 radical (unpaired) electrons. The minimum absolute atomic E-state index is 0.0195. The summed E-state index contributed by atoms with van der Waals surface area (Å²) in [6.45, 7) is 2.11. The number of carboxylic acids is 1. The van der Waals surface area contributed by atoms with E-state index in [1.54, 1.807) is 5.51 Å². The minimum atomic E-state index is -0.845. The fourth-order valence-corrected chi connectivity index (χ4v) is 2.48. The van der Waals surface area contributed by atoms with E-state index in [0.29, 0.717) is 5.69 Å². The van der Waals surface area contributed by atoms with E-state index in [0.717, 1.165) is 16.9 Å². The molecule has 2 aromatic rings. The predicted octanol–water partition coefficient (Wildman–Crippen LogP) is 3.00. The second kappa shape index (κ2) is 5.10. The van der Waals surface area contributed by atoms with E-state index < -0.39 is 5.97 Å². The van der Waals surface area contributed by atoms with Crippen molar-refractivity contribution in [2.24, 2.45) is 0 Å². The van der Waals surface area contributed by atoms with Crippen LogP contribution in [0.1, 0.15) is 18.2 Å². The van der Waals surface area contributed by atoms with Crippen molar-refractivity contribution in [2.45, 2.75) is 19.8 Å². The summed E-state index contributed by atoms with van der Waals surface area (Å²) in [5.41, 5.74) is 4.66. The smallest absolute Gasteiger partial charge is 0.309 e. The lowest BCUT2D eigenvalue weighted by atomic mass is 10.1. The fraction of sp³-hybridized carbons (Fsp3) is 0.231. The van der Waals surface area contributed by atoms with Crippen LogP contribution in [0.4, 0.5) is 0 Å². The zero-order chi connectivity index (χ0) is 12.3. The van der Waals surface area contributed by atoms with Crippen LogP contribution >= 0.6 is 11.3 Å². The molecule has 0 bridgehead atoms. The lowest BCUT2D eigenvalue weighted by Gasteiger charge is -2.02. The third-order valence-electron chi connectivity index (χ3n) is 2.58. The van der Waals surface area contributed by atoms with Gasteiger partial charge in [-0.1, -0.05) is 31.2 Å². The second-order valence-electron chi connectivity index (χ2n) is 3.75. The number of aromatic nitrogens is 1. The highest BCUT2D eigenvalue weighted by molar-refractivity contribution is 7.13. The lowest BCUT2D eigenvalue weighted by Crippen LogP contribution is -2.01. The molecule has 88 valence electrons. The molecule has 0 atom stereocenters. The minimum Gasteiger partial charge on any atom is -0.481 e. The van der Waals surface area contributed by atoms with Crippen molar-refractivity contribution in [3.63, 3.8) is 0 Å². The van der Waals surface area contributed by atoms with Gasteiger partial charge in [-0.2, -0.15) is 0 Å². The molecule has 1 N–H and O–H groups in total. The average molecular weight is 247 g/mol. The summed E-state index contributed by atoms with van der Waals surface area (Å²) in [7, 11) is 0. The van der Waals surface area contributed by atoms with Crippen LogP contribution in [0.5, 0.6) is 0 Å². The van der Waals surface area contributed by atoms with E-state index in [2.05, 4.69) is 24.0 Å². The van der Waals surface area contributed by atoms with E-state index in [4.69, 9.17) is 5.11 Å². The Hall–Kier alpha value is -1.68. The van der Waals surface area contributed by atoms with E-state index in [9.17, 15) is 4.79 Å². The Bertz CT molecular complexity index is 516. The first-order valence-electron chi connectivity index (χ1n) is 5.44. The van der Waals surface area contributed by atoms with Crippen LogP contribution in [0.25, 0.3) is 10.4 Å².